The highest BCUT2D eigenvalue weighted by atomic mass is 15.2. The van der Waals surface area contributed by atoms with Crippen LogP contribution < -0.4 is 0 Å². The zero-order chi connectivity index (χ0) is 7.90. The molecule has 1 saturated carbocycles. The third-order valence-corrected chi connectivity index (χ3v) is 3.85. The van der Waals surface area contributed by atoms with E-state index in [1.807, 2.05) is 0 Å². The summed E-state index contributed by atoms with van der Waals surface area (Å²) in [5.74, 6) is 0. The van der Waals surface area contributed by atoms with Gasteiger partial charge in [0, 0.05) is 6.04 Å². The highest BCUT2D eigenvalue weighted by Crippen LogP contribution is 2.45. The molecule has 0 aromatic rings. The van der Waals surface area contributed by atoms with Crippen molar-refractivity contribution in [2.24, 2.45) is 5.41 Å². The Hall–Kier alpha value is -0.0400. The topological polar surface area (TPSA) is 3.24 Å². The minimum absolute atomic E-state index is 0.688. The van der Waals surface area contributed by atoms with E-state index in [9.17, 15) is 0 Å². The van der Waals surface area contributed by atoms with Gasteiger partial charge in [-0.05, 0) is 38.3 Å². The summed E-state index contributed by atoms with van der Waals surface area (Å²) >= 11 is 0. The second kappa shape index (κ2) is 2.48. The van der Waals surface area contributed by atoms with Crippen LogP contribution in [0.2, 0.25) is 0 Å². The van der Waals surface area contributed by atoms with Gasteiger partial charge in [0.2, 0.25) is 0 Å². The van der Waals surface area contributed by atoms with Crippen LogP contribution in [0.3, 0.4) is 0 Å². The van der Waals surface area contributed by atoms with Crippen LogP contribution in [-0.4, -0.2) is 24.5 Å². The van der Waals surface area contributed by atoms with Crippen LogP contribution in [0.25, 0.3) is 0 Å². The number of likely N-dealkylation sites (tertiary alicyclic amines) is 1. The molecule has 11 heavy (non-hydrogen) atoms. The van der Waals surface area contributed by atoms with Crippen molar-refractivity contribution in [2.75, 3.05) is 13.6 Å². The third-order valence-electron chi connectivity index (χ3n) is 3.85. The van der Waals surface area contributed by atoms with Crippen LogP contribution in [-0.2, 0) is 0 Å². The molecule has 1 saturated heterocycles. The summed E-state index contributed by atoms with van der Waals surface area (Å²) < 4.78 is 0. The van der Waals surface area contributed by atoms with Crippen LogP contribution >= 0.6 is 0 Å². The molecule has 0 bridgehead atoms. The fourth-order valence-electron chi connectivity index (χ4n) is 3.01. The van der Waals surface area contributed by atoms with Crippen molar-refractivity contribution in [1.82, 2.24) is 4.90 Å². The summed E-state index contributed by atoms with van der Waals surface area (Å²) in [5, 5.41) is 0. The number of hydrogen-bond donors (Lipinski definition) is 0. The Morgan fingerprint density at radius 2 is 2.09 bits per heavy atom. The lowest BCUT2D eigenvalue weighted by Crippen LogP contribution is -2.38. The van der Waals surface area contributed by atoms with E-state index in [1.165, 1.54) is 38.6 Å². The lowest BCUT2D eigenvalue weighted by Gasteiger charge is -2.38. The lowest BCUT2D eigenvalue weighted by molar-refractivity contribution is 0.134. The van der Waals surface area contributed by atoms with E-state index in [1.54, 1.807) is 0 Å². The normalized spacial score (nSPS) is 45.8. The van der Waals surface area contributed by atoms with Crippen LogP contribution in [0.5, 0.6) is 0 Å². The van der Waals surface area contributed by atoms with E-state index in [0.717, 1.165) is 6.04 Å². The molecular weight excluding hydrogens is 134 g/mol. The van der Waals surface area contributed by atoms with Gasteiger partial charge >= 0.3 is 0 Å². The largest absolute Gasteiger partial charge is 0.303 e. The van der Waals surface area contributed by atoms with E-state index in [2.05, 4.69) is 18.9 Å². The summed E-state index contributed by atoms with van der Waals surface area (Å²) in [4.78, 5) is 2.57. The maximum Gasteiger partial charge on any atom is 0.0146 e. The number of nitrogens with zero attached hydrogens (tertiary/aromatic N) is 1. The molecule has 2 atom stereocenters. The summed E-state index contributed by atoms with van der Waals surface area (Å²) in [6.07, 6.45) is 7.30. The molecule has 0 spiro atoms. The molecule has 0 N–H and O–H groups in total. The summed E-state index contributed by atoms with van der Waals surface area (Å²) in [5.41, 5.74) is 0.688. The summed E-state index contributed by atoms with van der Waals surface area (Å²) in [6.45, 7) is 3.82. The minimum atomic E-state index is 0.688. The van der Waals surface area contributed by atoms with Gasteiger partial charge in [0.1, 0.15) is 0 Å². The first kappa shape index (κ1) is 7.60. The van der Waals surface area contributed by atoms with Gasteiger partial charge < -0.3 is 4.90 Å². The average molecular weight is 153 g/mol. The van der Waals surface area contributed by atoms with Crippen molar-refractivity contribution < 1.29 is 0 Å². The first-order valence-electron chi connectivity index (χ1n) is 4.93. The van der Waals surface area contributed by atoms with Gasteiger partial charge in [0.15, 0.2) is 0 Å². The van der Waals surface area contributed by atoms with Crippen molar-refractivity contribution in [3.63, 3.8) is 0 Å². The SMILES string of the molecule is CN1CC[C@]2(C)CCCCC12. The zero-order valence-corrected chi connectivity index (χ0v) is 7.77. The second-order valence-electron chi connectivity index (χ2n) is 4.65. The first-order chi connectivity index (χ1) is 5.22. The molecule has 2 aliphatic rings. The predicted molar refractivity (Wildman–Crippen MR) is 47.6 cm³/mol. The van der Waals surface area contributed by atoms with Crippen molar-refractivity contribution in [2.45, 2.75) is 45.1 Å². The molecule has 0 aromatic carbocycles. The van der Waals surface area contributed by atoms with Crippen molar-refractivity contribution >= 4 is 0 Å². The number of rotatable bonds is 0. The highest BCUT2D eigenvalue weighted by Gasteiger charge is 2.42. The van der Waals surface area contributed by atoms with Gasteiger partial charge in [0.25, 0.3) is 0 Å². The lowest BCUT2D eigenvalue weighted by atomic mass is 9.72. The van der Waals surface area contributed by atoms with Crippen LogP contribution in [0.15, 0.2) is 0 Å². The molecule has 2 rings (SSSR count). The molecule has 0 aromatic heterocycles. The number of fused-ring (bicyclic) bond motifs is 1. The van der Waals surface area contributed by atoms with E-state index in [4.69, 9.17) is 0 Å². The Balaban J connectivity index is 2.14. The minimum Gasteiger partial charge on any atom is -0.303 e. The van der Waals surface area contributed by atoms with Crippen LogP contribution in [0.4, 0.5) is 0 Å². The van der Waals surface area contributed by atoms with Gasteiger partial charge in [0.05, 0.1) is 0 Å². The Bertz CT molecular complexity index is 151. The maximum atomic E-state index is 2.57. The molecule has 1 unspecified atom stereocenters. The van der Waals surface area contributed by atoms with Crippen molar-refractivity contribution in [3.8, 4) is 0 Å². The molecule has 1 heteroatoms. The summed E-state index contributed by atoms with van der Waals surface area (Å²) in [7, 11) is 2.29. The molecule has 1 aliphatic heterocycles. The molecule has 1 nitrogen and oxygen atoms in total. The Morgan fingerprint density at radius 3 is 2.82 bits per heavy atom. The predicted octanol–water partition coefficient (Wildman–Crippen LogP) is 2.27. The third kappa shape index (κ3) is 1.10. The van der Waals surface area contributed by atoms with Gasteiger partial charge in [-0.3, -0.25) is 0 Å². The second-order valence-corrected chi connectivity index (χ2v) is 4.65. The van der Waals surface area contributed by atoms with E-state index < -0.39 is 0 Å². The molecule has 0 amide bonds. The molecule has 1 aliphatic carbocycles. The van der Waals surface area contributed by atoms with Crippen molar-refractivity contribution in [3.05, 3.63) is 0 Å². The highest BCUT2D eigenvalue weighted by molar-refractivity contribution is 4.97. The van der Waals surface area contributed by atoms with Gasteiger partial charge in [-0.25, -0.2) is 0 Å². The van der Waals surface area contributed by atoms with Crippen LogP contribution in [0.1, 0.15) is 39.0 Å². The van der Waals surface area contributed by atoms with E-state index >= 15 is 0 Å². The van der Waals surface area contributed by atoms with Gasteiger partial charge in [-0.1, -0.05) is 19.8 Å². The average Bonchev–Trinajstić information content (AvgIpc) is 2.29. The quantitative estimate of drug-likeness (QED) is 0.516. The van der Waals surface area contributed by atoms with Crippen LogP contribution in [0, 0.1) is 5.41 Å². The van der Waals surface area contributed by atoms with Gasteiger partial charge in [-0.2, -0.15) is 0 Å². The summed E-state index contributed by atoms with van der Waals surface area (Å²) in [6, 6.07) is 0.913. The van der Waals surface area contributed by atoms with Gasteiger partial charge in [-0.15, -0.1) is 0 Å². The first-order valence-corrected chi connectivity index (χ1v) is 4.93. The van der Waals surface area contributed by atoms with Crippen molar-refractivity contribution in [1.29, 1.82) is 0 Å². The smallest absolute Gasteiger partial charge is 0.0146 e. The fraction of sp³-hybridized carbons (Fsp3) is 1.00. The van der Waals surface area contributed by atoms with E-state index in [-0.39, 0.29) is 0 Å². The number of hydrogen-bond acceptors (Lipinski definition) is 1. The molecule has 0 radical (unpaired) electrons. The Kier molecular flexibility index (Phi) is 1.71. The van der Waals surface area contributed by atoms with E-state index in [0.29, 0.717) is 5.41 Å². The molecule has 2 fully saturated rings. The molecule has 1 heterocycles. The fourth-order valence-corrected chi connectivity index (χ4v) is 3.01. The molecule has 64 valence electrons. The zero-order valence-electron chi connectivity index (χ0n) is 7.77. The standard InChI is InChI=1S/C10H19N/c1-10-6-4-3-5-9(10)11(2)8-7-10/h9H,3-8H2,1-2H3/t9?,10-/m0/s1. The Morgan fingerprint density at radius 1 is 1.27 bits per heavy atom. The monoisotopic (exact) mass is 153 g/mol. The molecular formula is C10H19N. The Labute approximate surface area is 69.8 Å². The maximum absolute atomic E-state index is 2.57.